The summed E-state index contributed by atoms with van der Waals surface area (Å²) in [5, 5.41) is 12.0. The van der Waals surface area contributed by atoms with Crippen molar-refractivity contribution in [2.45, 2.75) is 43.9 Å². The van der Waals surface area contributed by atoms with Gasteiger partial charge in [-0.05, 0) is 28.7 Å². The van der Waals surface area contributed by atoms with Gasteiger partial charge in [0.05, 0.1) is 0 Å². The molecule has 2 aromatic rings. The minimum absolute atomic E-state index is 0.0451. The molecule has 1 aliphatic carbocycles. The third-order valence-corrected chi connectivity index (χ3v) is 7.00. The maximum atomic E-state index is 12.3. The summed E-state index contributed by atoms with van der Waals surface area (Å²) in [6.45, 7) is 6.34. The first-order valence-electron chi connectivity index (χ1n) is 9.80. The van der Waals surface area contributed by atoms with Gasteiger partial charge < -0.3 is 15.2 Å². The number of rotatable bonds is 8. The molecule has 3 rings (SSSR count). The normalized spacial score (nSPS) is 14.0. The molecular formula is C23H27NO4S. The number of carbonyl (C=O) groups excluding carboxylic acids is 1. The second-order valence-electron chi connectivity index (χ2n) is 7.78. The van der Waals surface area contributed by atoms with Gasteiger partial charge in [-0.2, -0.15) is 11.8 Å². The van der Waals surface area contributed by atoms with Crippen LogP contribution in [-0.4, -0.2) is 40.3 Å². The highest BCUT2D eigenvalue weighted by Gasteiger charge is 2.30. The highest BCUT2D eigenvalue weighted by Crippen LogP contribution is 2.44. The third-order valence-electron chi connectivity index (χ3n) is 5.43. The molecule has 1 amide bonds. The van der Waals surface area contributed by atoms with Crippen molar-refractivity contribution in [2.75, 3.05) is 12.4 Å². The van der Waals surface area contributed by atoms with Crippen LogP contribution < -0.4 is 5.32 Å². The lowest BCUT2D eigenvalue weighted by Gasteiger charge is -2.24. The predicted molar refractivity (Wildman–Crippen MR) is 116 cm³/mol. The minimum Gasteiger partial charge on any atom is -0.480 e. The lowest BCUT2D eigenvalue weighted by atomic mass is 9.98. The van der Waals surface area contributed by atoms with E-state index >= 15 is 0 Å². The predicted octanol–water partition coefficient (Wildman–Crippen LogP) is 4.90. The van der Waals surface area contributed by atoms with Crippen LogP contribution in [0.15, 0.2) is 48.5 Å². The highest BCUT2D eigenvalue weighted by atomic mass is 32.2. The van der Waals surface area contributed by atoms with Gasteiger partial charge in [-0.3, -0.25) is 0 Å². The van der Waals surface area contributed by atoms with E-state index in [1.807, 2.05) is 36.4 Å². The fourth-order valence-electron chi connectivity index (χ4n) is 3.37. The van der Waals surface area contributed by atoms with Gasteiger partial charge >= 0.3 is 12.1 Å². The van der Waals surface area contributed by atoms with Gasteiger partial charge in [0.2, 0.25) is 0 Å². The largest absolute Gasteiger partial charge is 0.480 e. The van der Waals surface area contributed by atoms with Gasteiger partial charge in [0.15, 0.2) is 0 Å². The fourth-order valence-corrected chi connectivity index (χ4v) is 4.42. The highest BCUT2D eigenvalue weighted by molar-refractivity contribution is 8.00. The molecule has 0 aromatic heterocycles. The topological polar surface area (TPSA) is 75.6 Å². The molecule has 2 aromatic carbocycles. The van der Waals surface area contributed by atoms with Gasteiger partial charge in [-0.15, -0.1) is 0 Å². The minimum atomic E-state index is -1.06. The summed E-state index contributed by atoms with van der Waals surface area (Å²) in [4.78, 5) is 23.9. The molecule has 0 unspecified atom stereocenters. The van der Waals surface area contributed by atoms with Gasteiger partial charge in [-0.1, -0.05) is 69.3 Å². The Morgan fingerprint density at radius 1 is 1.10 bits per heavy atom. The molecule has 0 bridgehead atoms. The van der Waals surface area contributed by atoms with Crippen molar-refractivity contribution < 1.29 is 19.4 Å². The van der Waals surface area contributed by atoms with E-state index < -0.39 is 18.1 Å². The number of carboxylic acid groups (broad SMARTS) is 1. The zero-order valence-electron chi connectivity index (χ0n) is 17.0. The number of hydrogen-bond donors (Lipinski definition) is 2. The summed E-state index contributed by atoms with van der Waals surface area (Å²) in [6.07, 6.45) is 0.212. The Labute approximate surface area is 175 Å². The first kappa shape index (κ1) is 21.2. The molecule has 0 aliphatic heterocycles. The fraction of sp³-hybridized carbons (Fsp3) is 0.391. The van der Waals surface area contributed by atoms with E-state index in [1.54, 1.807) is 0 Å². The van der Waals surface area contributed by atoms with Crippen molar-refractivity contribution in [3.63, 3.8) is 0 Å². The van der Waals surface area contributed by atoms with Crippen LogP contribution in [0, 0.1) is 0 Å². The van der Waals surface area contributed by atoms with E-state index in [1.165, 1.54) is 11.8 Å². The molecule has 0 heterocycles. The zero-order valence-corrected chi connectivity index (χ0v) is 17.8. The average molecular weight is 414 g/mol. The number of hydrogen-bond acceptors (Lipinski definition) is 4. The summed E-state index contributed by atoms with van der Waals surface area (Å²) >= 11 is 1.53. The number of carboxylic acids is 1. The number of alkyl carbamates (subject to hydrolysis) is 1. The van der Waals surface area contributed by atoms with E-state index in [4.69, 9.17) is 4.74 Å². The summed E-state index contributed by atoms with van der Waals surface area (Å²) < 4.78 is 5.41. The van der Waals surface area contributed by atoms with E-state index in [2.05, 4.69) is 38.2 Å². The second kappa shape index (κ2) is 8.91. The molecule has 0 saturated carbocycles. The van der Waals surface area contributed by atoms with Crippen molar-refractivity contribution in [3.05, 3.63) is 59.7 Å². The lowest BCUT2D eigenvalue weighted by Crippen LogP contribution is -2.43. The van der Waals surface area contributed by atoms with Crippen LogP contribution in [0.25, 0.3) is 11.1 Å². The molecule has 1 atom stereocenters. The Hall–Kier alpha value is -2.47. The number of benzene rings is 2. The van der Waals surface area contributed by atoms with E-state index in [0.29, 0.717) is 5.75 Å². The molecule has 0 fully saturated rings. The molecular weight excluding hydrogens is 386 g/mol. The Morgan fingerprint density at radius 3 is 2.17 bits per heavy atom. The maximum Gasteiger partial charge on any atom is 0.407 e. The number of nitrogens with one attached hydrogen (secondary N) is 1. The van der Waals surface area contributed by atoms with Crippen LogP contribution in [0.1, 0.15) is 44.2 Å². The van der Waals surface area contributed by atoms with Gasteiger partial charge in [0, 0.05) is 16.4 Å². The van der Waals surface area contributed by atoms with Crippen molar-refractivity contribution in [2.24, 2.45) is 0 Å². The zero-order chi connectivity index (χ0) is 21.0. The number of aliphatic carboxylic acids is 1. The van der Waals surface area contributed by atoms with Crippen molar-refractivity contribution >= 4 is 23.8 Å². The Bertz CT molecular complexity index is 850. The Morgan fingerprint density at radius 2 is 1.66 bits per heavy atom. The molecule has 0 radical (unpaired) electrons. The molecule has 5 nitrogen and oxygen atoms in total. The van der Waals surface area contributed by atoms with Crippen LogP contribution in [0.3, 0.4) is 0 Å². The number of ether oxygens (including phenoxy) is 1. The molecule has 29 heavy (non-hydrogen) atoms. The van der Waals surface area contributed by atoms with E-state index in [0.717, 1.165) is 28.7 Å². The molecule has 1 aliphatic rings. The quantitative estimate of drug-likeness (QED) is 0.644. The third kappa shape index (κ3) is 4.93. The van der Waals surface area contributed by atoms with Gasteiger partial charge in [0.1, 0.15) is 12.6 Å². The summed E-state index contributed by atoms with van der Waals surface area (Å²) in [7, 11) is 0. The Balaban J connectivity index is 1.63. The number of fused-ring (bicyclic) bond motifs is 3. The molecule has 6 heteroatoms. The average Bonchev–Trinajstić information content (AvgIpc) is 3.03. The lowest BCUT2D eigenvalue weighted by molar-refractivity contribution is -0.138. The summed E-state index contributed by atoms with van der Waals surface area (Å²) in [6, 6.07) is 15.2. The van der Waals surface area contributed by atoms with Crippen LogP contribution >= 0.6 is 11.8 Å². The van der Waals surface area contributed by atoms with Crippen LogP contribution in [0.2, 0.25) is 0 Å². The summed E-state index contributed by atoms with van der Waals surface area (Å²) in [5.74, 6) is -0.817. The van der Waals surface area contributed by atoms with Crippen LogP contribution in [0.5, 0.6) is 0 Å². The Kier molecular flexibility index (Phi) is 6.52. The maximum absolute atomic E-state index is 12.3. The van der Waals surface area contributed by atoms with Crippen LogP contribution in [0.4, 0.5) is 4.79 Å². The van der Waals surface area contributed by atoms with Gasteiger partial charge in [-0.25, -0.2) is 9.59 Å². The number of amides is 1. The first-order valence-corrected chi connectivity index (χ1v) is 10.8. The van der Waals surface area contributed by atoms with Crippen molar-refractivity contribution in [1.29, 1.82) is 0 Å². The summed E-state index contributed by atoms with van der Waals surface area (Å²) in [5.41, 5.74) is 4.55. The molecule has 2 N–H and O–H groups in total. The first-order chi connectivity index (χ1) is 13.8. The number of carbonyl (C=O) groups is 2. The monoisotopic (exact) mass is 413 g/mol. The van der Waals surface area contributed by atoms with Gasteiger partial charge in [0.25, 0.3) is 0 Å². The number of thioether (sulfide) groups is 1. The smallest absolute Gasteiger partial charge is 0.407 e. The molecule has 154 valence electrons. The second-order valence-corrected chi connectivity index (χ2v) is 9.51. The van der Waals surface area contributed by atoms with Crippen LogP contribution in [-0.2, 0) is 9.53 Å². The van der Waals surface area contributed by atoms with Crippen molar-refractivity contribution in [3.8, 4) is 11.1 Å². The SMILES string of the molecule is CCC(C)(C)SC[C@@H](NC(=O)OCC1c2ccccc2-c2ccccc21)C(=O)O. The molecule has 0 spiro atoms. The van der Waals surface area contributed by atoms with E-state index in [-0.39, 0.29) is 17.3 Å². The molecule has 0 saturated heterocycles. The van der Waals surface area contributed by atoms with E-state index in [9.17, 15) is 14.7 Å². The standard InChI is InChI=1S/C23H27NO4S/c1-4-23(2,3)29-14-20(21(25)26)24-22(27)28-13-19-17-11-7-5-9-15(17)16-10-6-8-12-18(16)19/h5-12,19-20H,4,13-14H2,1-3H3,(H,24,27)(H,25,26)/t20-/m1/s1. The van der Waals surface area contributed by atoms with Crippen molar-refractivity contribution in [1.82, 2.24) is 5.32 Å².